The summed E-state index contributed by atoms with van der Waals surface area (Å²) in [6.07, 6.45) is 4.14. The highest BCUT2D eigenvalue weighted by Gasteiger charge is 2.49. The van der Waals surface area contributed by atoms with Crippen LogP contribution < -0.4 is 9.64 Å². The van der Waals surface area contributed by atoms with Crippen LogP contribution in [0.1, 0.15) is 36.5 Å². The van der Waals surface area contributed by atoms with E-state index in [1.54, 1.807) is 42.6 Å². The summed E-state index contributed by atoms with van der Waals surface area (Å²) in [5, 5.41) is 0.880. The molecule has 2 amide bonds. The lowest BCUT2D eigenvalue weighted by atomic mass is 9.76. The molecule has 1 aliphatic heterocycles. The van der Waals surface area contributed by atoms with Gasteiger partial charge in [-0.1, -0.05) is 25.1 Å². The number of pyridine rings is 1. The Morgan fingerprint density at radius 2 is 1.71 bits per heavy atom. The molecule has 31 heavy (non-hydrogen) atoms. The molecular weight excluding hydrogens is 392 g/mol. The van der Waals surface area contributed by atoms with Crippen molar-refractivity contribution >= 4 is 34.4 Å². The number of fused-ring (bicyclic) bond motifs is 2. The van der Waals surface area contributed by atoms with Gasteiger partial charge < -0.3 is 4.74 Å². The molecule has 6 nitrogen and oxygen atoms in total. The average Bonchev–Trinajstić information content (AvgIpc) is 3.03. The maximum atomic E-state index is 12.9. The minimum atomic E-state index is -0.522. The topological polar surface area (TPSA) is 76.6 Å². The Hall–Kier alpha value is -3.54. The van der Waals surface area contributed by atoms with Gasteiger partial charge >= 0.3 is 5.97 Å². The van der Waals surface area contributed by atoms with Crippen molar-refractivity contribution in [3.05, 3.63) is 66.4 Å². The normalized spacial score (nSPS) is 23.1. The molecule has 6 heteroatoms. The van der Waals surface area contributed by atoms with Gasteiger partial charge in [0.15, 0.2) is 5.75 Å². The molecule has 0 radical (unpaired) electrons. The highest BCUT2D eigenvalue weighted by molar-refractivity contribution is 6.22. The zero-order valence-corrected chi connectivity index (χ0v) is 17.2. The van der Waals surface area contributed by atoms with Crippen molar-refractivity contribution in [2.45, 2.75) is 26.2 Å². The summed E-state index contributed by atoms with van der Waals surface area (Å²) in [6.45, 7) is 2.13. The van der Waals surface area contributed by atoms with Gasteiger partial charge in [0.2, 0.25) is 11.8 Å². The summed E-state index contributed by atoms with van der Waals surface area (Å²) in [6, 6.07) is 15.6. The first-order chi connectivity index (χ1) is 15.0. The number of nitrogens with zero attached hydrogens (tertiary/aromatic N) is 2. The van der Waals surface area contributed by atoms with E-state index < -0.39 is 5.97 Å². The van der Waals surface area contributed by atoms with Gasteiger partial charge in [0, 0.05) is 11.6 Å². The molecule has 2 aliphatic rings. The van der Waals surface area contributed by atoms with Gasteiger partial charge in [-0.3, -0.25) is 19.5 Å². The number of carbonyl (C=O) groups is 3. The largest absolute Gasteiger partial charge is 0.421 e. The van der Waals surface area contributed by atoms with E-state index in [0.29, 0.717) is 28.4 Å². The molecular formula is C25H22N2O4. The lowest BCUT2D eigenvalue weighted by Gasteiger charge is -2.25. The zero-order chi connectivity index (χ0) is 21.5. The van der Waals surface area contributed by atoms with Crippen LogP contribution in [0, 0.1) is 17.8 Å². The van der Waals surface area contributed by atoms with E-state index >= 15 is 0 Å². The first-order valence-corrected chi connectivity index (χ1v) is 10.6. The van der Waals surface area contributed by atoms with Crippen LogP contribution in [0.15, 0.2) is 60.8 Å². The first kappa shape index (κ1) is 19.4. The van der Waals surface area contributed by atoms with Crippen LogP contribution >= 0.6 is 0 Å². The van der Waals surface area contributed by atoms with Crippen molar-refractivity contribution in [1.82, 2.24) is 4.98 Å². The Bertz CT molecular complexity index is 1180. The van der Waals surface area contributed by atoms with Crippen LogP contribution in [0.25, 0.3) is 10.9 Å². The highest BCUT2D eigenvalue weighted by atomic mass is 16.5. The van der Waals surface area contributed by atoms with Crippen LogP contribution in [-0.2, 0) is 9.59 Å². The number of rotatable bonds is 3. The number of imide groups is 1. The quantitative estimate of drug-likeness (QED) is 0.361. The summed E-state index contributed by atoms with van der Waals surface area (Å²) in [5.41, 5.74) is 1.45. The van der Waals surface area contributed by atoms with Gasteiger partial charge in [-0.25, -0.2) is 4.79 Å². The third kappa shape index (κ3) is 3.38. The lowest BCUT2D eigenvalue weighted by molar-refractivity contribution is -0.122. The first-order valence-electron chi connectivity index (χ1n) is 10.6. The molecule has 156 valence electrons. The number of aromatic nitrogens is 1. The SMILES string of the molecule is C[C@@H]1CC[C@@H]2C(=O)N(c3ccc(C(=O)Oc4cccc5cccnc45)cc3)C(=O)[C@H]2C1. The number of benzene rings is 2. The fraction of sp³-hybridized carbons (Fsp3) is 0.280. The minimum Gasteiger partial charge on any atom is -0.421 e. The summed E-state index contributed by atoms with van der Waals surface area (Å²) in [4.78, 5) is 44.0. The molecule has 2 aromatic carbocycles. The molecule has 1 saturated carbocycles. The monoisotopic (exact) mass is 414 g/mol. The number of para-hydroxylation sites is 1. The molecule has 0 unspecified atom stereocenters. The second-order valence-corrected chi connectivity index (χ2v) is 8.41. The van der Waals surface area contributed by atoms with E-state index in [0.717, 1.165) is 24.6 Å². The number of hydrogen-bond donors (Lipinski definition) is 0. The molecule has 1 aliphatic carbocycles. The van der Waals surface area contributed by atoms with E-state index in [1.165, 1.54) is 4.90 Å². The second kappa shape index (κ2) is 7.61. The molecule has 2 fully saturated rings. The molecule has 3 atom stereocenters. The van der Waals surface area contributed by atoms with Gasteiger partial charge in [-0.05, 0) is 61.6 Å². The standard InChI is InChI=1S/C25H22N2O4/c1-15-7-12-19-20(14-15)24(29)27(23(19)28)18-10-8-17(9-11-18)25(30)31-21-6-2-4-16-5-3-13-26-22(16)21/h2-6,8-11,13,15,19-20H,7,12,14H2,1H3/t15-,19+,20+/m1/s1. The van der Waals surface area contributed by atoms with E-state index in [9.17, 15) is 14.4 Å². The highest BCUT2D eigenvalue weighted by Crippen LogP contribution is 2.42. The molecule has 5 rings (SSSR count). The smallest absolute Gasteiger partial charge is 0.343 e. The van der Waals surface area contributed by atoms with E-state index in [2.05, 4.69) is 11.9 Å². The van der Waals surface area contributed by atoms with Crippen LogP contribution in [-0.4, -0.2) is 22.8 Å². The van der Waals surface area contributed by atoms with Gasteiger partial charge in [-0.15, -0.1) is 0 Å². The van der Waals surface area contributed by atoms with E-state index in [4.69, 9.17) is 4.74 Å². The van der Waals surface area contributed by atoms with Gasteiger partial charge in [-0.2, -0.15) is 0 Å². The van der Waals surface area contributed by atoms with E-state index in [1.807, 2.05) is 18.2 Å². The van der Waals surface area contributed by atoms with Gasteiger partial charge in [0.05, 0.1) is 23.1 Å². The fourth-order valence-corrected chi connectivity index (χ4v) is 4.71. The molecule has 1 aromatic heterocycles. The maximum absolute atomic E-state index is 12.9. The predicted octanol–water partition coefficient (Wildman–Crippen LogP) is 4.38. The Morgan fingerprint density at radius 3 is 2.52 bits per heavy atom. The van der Waals surface area contributed by atoms with Crippen LogP contribution in [0.5, 0.6) is 5.75 Å². The number of esters is 1. The van der Waals surface area contributed by atoms with Crippen molar-refractivity contribution in [1.29, 1.82) is 0 Å². The van der Waals surface area contributed by atoms with Gasteiger partial charge in [0.25, 0.3) is 0 Å². The molecule has 0 N–H and O–H groups in total. The molecule has 3 aromatic rings. The summed E-state index contributed by atoms with van der Waals surface area (Å²) in [5.74, 6) is -0.370. The number of amides is 2. The van der Waals surface area contributed by atoms with Crippen molar-refractivity contribution in [2.24, 2.45) is 17.8 Å². The number of hydrogen-bond acceptors (Lipinski definition) is 5. The Kier molecular flexibility index (Phi) is 4.77. The number of carbonyl (C=O) groups excluding carboxylic acids is 3. The Balaban J connectivity index is 1.36. The zero-order valence-electron chi connectivity index (χ0n) is 17.2. The number of ether oxygens (including phenoxy) is 1. The van der Waals surface area contributed by atoms with Crippen molar-refractivity contribution in [3.8, 4) is 5.75 Å². The molecule has 1 saturated heterocycles. The van der Waals surface area contributed by atoms with Gasteiger partial charge in [0.1, 0.15) is 5.52 Å². The summed E-state index contributed by atoms with van der Waals surface area (Å²) >= 11 is 0. The Morgan fingerprint density at radius 1 is 0.968 bits per heavy atom. The molecule has 0 bridgehead atoms. The van der Waals surface area contributed by atoms with E-state index in [-0.39, 0.29) is 23.7 Å². The van der Waals surface area contributed by atoms with Crippen molar-refractivity contribution in [2.75, 3.05) is 4.90 Å². The third-order valence-corrected chi connectivity index (χ3v) is 6.35. The lowest BCUT2D eigenvalue weighted by Crippen LogP contribution is -2.30. The van der Waals surface area contributed by atoms with Crippen LogP contribution in [0.3, 0.4) is 0 Å². The fourth-order valence-electron chi connectivity index (χ4n) is 4.71. The molecule has 0 spiro atoms. The summed E-state index contributed by atoms with van der Waals surface area (Å²) in [7, 11) is 0. The second-order valence-electron chi connectivity index (χ2n) is 8.41. The average molecular weight is 414 g/mol. The minimum absolute atomic E-state index is 0.126. The van der Waals surface area contributed by atoms with Crippen molar-refractivity contribution < 1.29 is 19.1 Å². The van der Waals surface area contributed by atoms with Crippen LogP contribution in [0.2, 0.25) is 0 Å². The maximum Gasteiger partial charge on any atom is 0.343 e. The molecule has 2 heterocycles. The van der Waals surface area contributed by atoms with Crippen LogP contribution in [0.4, 0.5) is 5.69 Å². The third-order valence-electron chi connectivity index (χ3n) is 6.35. The predicted molar refractivity (Wildman–Crippen MR) is 116 cm³/mol. The number of anilines is 1. The Labute approximate surface area is 179 Å². The summed E-state index contributed by atoms with van der Waals surface area (Å²) < 4.78 is 5.56. The van der Waals surface area contributed by atoms with Crippen molar-refractivity contribution in [3.63, 3.8) is 0 Å².